The van der Waals surface area contributed by atoms with Crippen molar-refractivity contribution in [1.29, 1.82) is 0 Å². The number of hydrogen-bond acceptors (Lipinski definition) is 3. The number of thioether (sulfide) groups is 1. The number of nitrogens with one attached hydrogen (secondary N) is 1. The number of ether oxygens (including phenoxy) is 1. The first-order valence-electron chi connectivity index (χ1n) is 7.41. The first kappa shape index (κ1) is 17.7. The van der Waals surface area contributed by atoms with Crippen molar-refractivity contribution in [2.24, 2.45) is 0 Å². The fraction of sp³-hybridized carbons (Fsp3) is 0.278. The monoisotopic (exact) mass is 349 g/mol. The molecule has 2 aromatic carbocycles. The van der Waals surface area contributed by atoms with E-state index in [1.54, 1.807) is 7.11 Å². The highest BCUT2D eigenvalue weighted by Crippen LogP contribution is 2.25. The maximum Gasteiger partial charge on any atom is 0.233 e. The molecule has 0 aliphatic carbocycles. The van der Waals surface area contributed by atoms with Crippen molar-refractivity contribution in [1.82, 2.24) is 5.32 Å². The smallest absolute Gasteiger partial charge is 0.233 e. The van der Waals surface area contributed by atoms with Crippen LogP contribution in [-0.4, -0.2) is 24.8 Å². The highest BCUT2D eigenvalue weighted by molar-refractivity contribution is 8.00. The molecule has 23 heavy (non-hydrogen) atoms. The number of hydrogen-bond donors (Lipinski definition) is 1. The van der Waals surface area contributed by atoms with Gasteiger partial charge in [-0.05, 0) is 55.3 Å². The van der Waals surface area contributed by atoms with E-state index >= 15 is 0 Å². The second kappa shape index (κ2) is 8.85. The Morgan fingerprint density at radius 3 is 2.43 bits per heavy atom. The van der Waals surface area contributed by atoms with Crippen LogP contribution in [-0.2, 0) is 11.2 Å². The van der Waals surface area contributed by atoms with E-state index in [9.17, 15) is 4.79 Å². The molecule has 3 nitrogen and oxygen atoms in total. The molecule has 2 aromatic rings. The molecule has 0 unspecified atom stereocenters. The summed E-state index contributed by atoms with van der Waals surface area (Å²) in [5.74, 6) is 0.856. The molecule has 0 radical (unpaired) electrons. The summed E-state index contributed by atoms with van der Waals surface area (Å²) in [6.45, 7) is 2.53. The Kier molecular flexibility index (Phi) is 6.81. The third-order valence-electron chi connectivity index (χ3n) is 3.37. The van der Waals surface area contributed by atoms with E-state index in [1.165, 1.54) is 11.8 Å². The summed E-state index contributed by atoms with van der Waals surface area (Å²) in [6.07, 6.45) is 0.794. The number of methoxy groups -OCH3 is 1. The molecule has 0 heterocycles. The lowest BCUT2D eigenvalue weighted by Gasteiger charge is -2.12. The Labute approximate surface area is 146 Å². The van der Waals surface area contributed by atoms with Crippen molar-refractivity contribution < 1.29 is 9.53 Å². The predicted octanol–water partition coefficient (Wildman–Crippen LogP) is 4.19. The largest absolute Gasteiger partial charge is 0.497 e. The highest BCUT2D eigenvalue weighted by atomic mass is 35.5. The summed E-state index contributed by atoms with van der Waals surface area (Å²) in [7, 11) is 1.64. The van der Waals surface area contributed by atoms with Crippen LogP contribution in [0, 0.1) is 0 Å². The molecular weight excluding hydrogens is 330 g/mol. The van der Waals surface area contributed by atoms with Gasteiger partial charge in [-0.15, -0.1) is 11.8 Å². The number of benzene rings is 2. The zero-order chi connectivity index (χ0) is 16.7. The van der Waals surface area contributed by atoms with Crippen molar-refractivity contribution in [2.75, 3.05) is 13.7 Å². The third kappa shape index (κ3) is 5.81. The molecule has 0 spiro atoms. The van der Waals surface area contributed by atoms with Crippen LogP contribution in [0.25, 0.3) is 0 Å². The molecule has 0 aliphatic heterocycles. The van der Waals surface area contributed by atoms with E-state index in [2.05, 4.69) is 5.32 Å². The number of halogens is 1. The number of carbonyl (C=O) groups is 1. The van der Waals surface area contributed by atoms with Crippen molar-refractivity contribution in [3.8, 4) is 5.75 Å². The van der Waals surface area contributed by atoms with E-state index in [1.807, 2.05) is 55.5 Å². The Bertz CT molecular complexity index is 628. The average molecular weight is 350 g/mol. The molecule has 1 amide bonds. The summed E-state index contributed by atoms with van der Waals surface area (Å²) in [5, 5.41) is 3.55. The summed E-state index contributed by atoms with van der Waals surface area (Å²) in [6, 6.07) is 15.4. The molecule has 0 saturated carbocycles. The first-order valence-corrected chi connectivity index (χ1v) is 8.67. The fourth-order valence-corrected chi connectivity index (χ4v) is 3.05. The van der Waals surface area contributed by atoms with Gasteiger partial charge in [0.2, 0.25) is 5.91 Å². The maximum absolute atomic E-state index is 12.1. The fourth-order valence-electron chi connectivity index (χ4n) is 2.04. The van der Waals surface area contributed by atoms with Crippen molar-refractivity contribution in [2.45, 2.75) is 23.5 Å². The van der Waals surface area contributed by atoms with Gasteiger partial charge in [-0.25, -0.2) is 0 Å². The van der Waals surface area contributed by atoms with Gasteiger partial charge in [0.25, 0.3) is 0 Å². The van der Waals surface area contributed by atoms with Gasteiger partial charge in [0.15, 0.2) is 0 Å². The normalized spacial score (nSPS) is 11.8. The molecule has 0 bridgehead atoms. The second-order valence-electron chi connectivity index (χ2n) is 5.10. The lowest BCUT2D eigenvalue weighted by molar-refractivity contribution is -0.120. The van der Waals surface area contributed by atoms with Crippen molar-refractivity contribution >= 4 is 29.3 Å². The molecule has 2 rings (SSSR count). The van der Waals surface area contributed by atoms with Crippen LogP contribution in [0.3, 0.4) is 0 Å². The van der Waals surface area contributed by atoms with Crippen LogP contribution in [0.2, 0.25) is 5.02 Å². The summed E-state index contributed by atoms with van der Waals surface area (Å²) >= 11 is 7.39. The van der Waals surface area contributed by atoms with Crippen LogP contribution in [0.4, 0.5) is 0 Å². The summed E-state index contributed by atoms with van der Waals surface area (Å²) < 4.78 is 5.13. The molecule has 0 aromatic heterocycles. The zero-order valence-electron chi connectivity index (χ0n) is 13.2. The lowest BCUT2D eigenvalue weighted by Crippen LogP contribution is -2.32. The predicted molar refractivity (Wildman–Crippen MR) is 96.5 cm³/mol. The highest BCUT2D eigenvalue weighted by Gasteiger charge is 2.13. The number of amides is 1. The zero-order valence-corrected chi connectivity index (χ0v) is 14.8. The standard InChI is InChI=1S/C18H20ClNO2S/c1-13(23-17-9-7-16(22-2)8-10-17)18(21)20-12-11-14-3-5-15(19)6-4-14/h3-10,13H,11-12H2,1-2H3,(H,20,21)/t13-/m1/s1. The van der Waals surface area contributed by atoms with Gasteiger partial charge in [0.05, 0.1) is 12.4 Å². The van der Waals surface area contributed by atoms with Crippen LogP contribution in [0.15, 0.2) is 53.4 Å². The number of carbonyl (C=O) groups excluding carboxylic acids is 1. The SMILES string of the molecule is COc1ccc(S[C@H](C)C(=O)NCCc2ccc(Cl)cc2)cc1. The van der Waals surface area contributed by atoms with Gasteiger partial charge in [0.1, 0.15) is 5.75 Å². The van der Waals surface area contributed by atoms with Gasteiger partial charge < -0.3 is 10.1 Å². The van der Waals surface area contributed by atoms with E-state index < -0.39 is 0 Å². The Balaban J connectivity index is 1.76. The topological polar surface area (TPSA) is 38.3 Å². The Hall–Kier alpha value is -1.65. The van der Waals surface area contributed by atoms with Gasteiger partial charge in [0, 0.05) is 16.5 Å². The Morgan fingerprint density at radius 1 is 1.17 bits per heavy atom. The van der Waals surface area contributed by atoms with Crippen LogP contribution < -0.4 is 10.1 Å². The van der Waals surface area contributed by atoms with Gasteiger partial charge in [-0.3, -0.25) is 4.79 Å². The van der Waals surface area contributed by atoms with Crippen molar-refractivity contribution in [3.63, 3.8) is 0 Å². The molecule has 1 atom stereocenters. The Morgan fingerprint density at radius 2 is 1.83 bits per heavy atom. The molecule has 122 valence electrons. The molecule has 0 saturated heterocycles. The first-order chi connectivity index (χ1) is 11.1. The molecule has 0 fully saturated rings. The molecule has 1 N–H and O–H groups in total. The van der Waals surface area contributed by atoms with Crippen LogP contribution >= 0.6 is 23.4 Å². The minimum absolute atomic E-state index is 0.0415. The molecular formula is C18H20ClNO2S. The third-order valence-corrected chi connectivity index (χ3v) is 4.73. The van der Waals surface area contributed by atoms with Gasteiger partial charge >= 0.3 is 0 Å². The van der Waals surface area contributed by atoms with E-state index in [-0.39, 0.29) is 11.2 Å². The molecule has 0 aliphatic rings. The van der Waals surface area contributed by atoms with E-state index in [0.717, 1.165) is 27.7 Å². The maximum atomic E-state index is 12.1. The minimum atomic E-state index is -0.145. The minimum Gasteiger partial charge on any atom is -0.497 e. The average Bonchev–Trinajstić information content (AvgIpc) is 2.57. The number of rotatable bonds is 7. The van der Waals surface area contributed by atoms with Crippen molar-refractivity contribution in [3.05, 3.63) is 59.1 Å². The van der Waals surface area contributed by atoms with E-state index in [4.69, 9.17) is 16.3 Å². The summed E-state index contributed by atoms with van der Waals surface area (Å²) in [4.78, 5) is 13.2. The van der Waals surface area contributed by atoms with Gasteiger partial charge in [-0.2, -0.15) is 0 Å². The van der Waals surface area contributed by atoms with Gasteiger partial charge in [-0.1, -0.05) is 23.7 Å². The molecule has 5 heteroatoms. The quantitative estimate of drug-likeness (QED) is 0.762. The summed E-state index contributed by atoms with van der Waals surface area (Å²) in [5.41, 5.74) is 1.16. The van der Waals surface area contributed by atoms with Crippen LogP contribution in [0.5, 0.6) is 5.75 Å². The van der Waals surface area contributed by atoms with Crippen LogP contribution in [0.1, 0.15) is 12.5 Å². The lowest BCUT2D eigenvalue weighted by atomic mass is 10.1. The second-order valence-corrected chi connectivity index (χ2v) is 6.95. The van der Waals surface area contributed by atoms with E-state index in [0.29, 0.717) is 6.54 Å².